The van der Waals surface area contributed by atoms with Crippen molar-refractivity contribution in [3.63, 3.8) is 0 Å². The first-order valence-electron chi connectivity index (χ1n) is 12.5. The fourth-order valence-electron chi connectivity index (χ4n) is 5.78. The van der Waals surface area contributed by atoms with Crippen molar-refractivity contribution in [3.8, 4) is 0 Å². The van der Waals surface area contributed by atoms with E-state index in [2.05, 4.69) is 5.10 Å². The van der Waals surface area contributed by atoms with Gasteiger partial charge in [0.25, 0.3) is 11.8 Å². The smallest absolute Gasteiger partial charge is 0.274 e. The number of rotatable bonds is 4. The third-order valence-electron chi connectivity index (χ3n) is 7.36. The Labute approximate surface area is 204 Å². The van der Waals surface area contributed by atoms with Crippen molar-refractivity contribution in [2.75, 3.05) is 26.2 Å². The fraction of sp³-hybridized carbons (Fsp3) is 0.577. The molecule has 2 fully saturated rings. The summed E-state index contributed by atoms with van der Waals surface area (Å²) in [7, 11) is 0. The van der Waals surface area contributed by atoms with E-state index < -0.39 is 18.4 Å². The van der Waals surface area contributed by atoms with Gasteiger partial charge in [0.15, 0.2) is 5.69 Å². The zero-order valence-corrected chi connectivity index (χ0v) is 20.3. The van der Waals surface area contributed by atoms with Crippen molar-refractivity contribution in [1.82, 2.24) is 19.6 Å². The van der Waals surface area contributed by atoms with Crippen LogP contribution in [0.5, 0.6) is 0 Å². The van der Waals surface area contributed by atoms with Gasteiger partial charge in [-0.25, -0.2) is 8.78 Å². The Morgan fingerprint density at radius 2 is 1.80 bits per heavy atom. The molecule has 35 heavy (non-hydrogen) atoms. The predicted molar refractivity (Wildman–Crippen MR) is 125 cm³/mol. The van der Waals surface area contributed by atoms with E-state index in [1.54, 1.807) is 33.8 Å². The van der Waals surface area contributed by atoms with Crippen molar-refractivity contribution < 1.29 is 23.1 Å². The Morgan fingerprint density at radius 3 is 2.49 bits per heavy atom. The molecule has 5 rings (SSSR count). The van der Waals surface area contributed by atoms with Crippen molar-refractivity contribution in [1.29, 1.82) is 0 Å². The number of amides is 2. The molecule has 3 atom stereocenters. The minimum absolute atomic E-state index is 0.0557. The largest absolute Gasteiger partial charge is 0.372 e. The lowest BCUT2D eigenvalue weighted by atomic mass is 9.86. The highest BCUT2D eigenvalue weighted by molar-refractivity contribution is 5.94. The van der Waals surface area contributed by atoms with Crippen LogP contribution in [0.2, 0.25) is 0 Å². The number of carbonyl (C=O) groups excluding carboxylic acids is 2. The lowest BCUT2D eigenvalue weighted by Gasteiger charge is -2.38. The highest BCUT2D eigenvalue weighted by Gasteiger charge is 2.46. The molecule has 3 aliphatic rings. The molecule has 9 heteroatoms. The molecule has 1 aliphatic carbocycles. The normalized spacial score (nSPS) is 26.0. The number of halogens is 2. The van der Waals surface area contributed by atoms with Crippen LogP contribution >= 0.6 is 0 Å². The lowest BCUT2D eigenvalue weighted by molar-refractivity contribution is -0.145. The quantitative estimate of drug-likeness (QED) is 0.665. The molecule has 2 aliphatic heterocycles. The summed E-state index contributed by atoms with van der Waals surface area (Å²) in [4.78, 5) is 29.4. The number of fused-ring (bicyclic) bond motifs is 1. The molecule has 1 aromatic carbocycles. The maximum Gasteiger partial charge on any atom is 0.274 e. The van der Waals surface area contributed by atoms with Crippen LogP contribution in [0.1, 0.15) is 59.9 Å². The molecule has 0 spiro atoms. The van der Waals surface area contributed by atoms with E-state index in [1.807, 2.05) is 19.9 Å². The molecule has 3 heterocycles. The van der Waals surface area contributed by atoms with Gasteiger partial charge in [0.1, 0.15) is 6.54 Å². The molecule has 0 radical (unpaired) electrons. The summed E-state index contributed by atoms with van der Waals surface area (Å²) >= 11 is 0. The predicted octanol–water partition coefficient (Wildman–Crippen LogP) is 3.27. The standard InChI is InChI=1S/C26H32F2N4O3/c1-17-13-31(14-18(2)35-17)25(34)24-20-9-6-10-22(20)32(29-24)15-23(33)30-12-11-21(26(27,28)16-30)19-7-4-3-5-8-19/h3-5,7-8,17-18,21H,6,9-16H2,1-2H3/t17-,18+,21?. The second kappa shape index (κ2) is 9.33. The number of alkyl halides is 2. The first kappa shape index (κ1) is 23.9. The van der Waals surface area contributed by atoms with Crippen LogP contribution in [0.4, 0.5) is 8.78 Å². The first-order chi connectivity index (χ1) is 16.7. The number of carbonyl (C=O) groups is 2. The Bertz CT molecular complexity index is 1090. The van der Waals surface area contributed by atoms with E-state index in [0.717, 1.165) is 30.5 Å². The maximum absolute atomic E-state index is 15.0. The molecule has 2 saturated heterocycles. The number of hydrogen-bond donors (Lipinski definition) is 0. The molecular weight excluding hydrogens is 454 g/mol. The van der Waals surface area contributed by atoms with Gasteiger partial charge in [-0.1, -0.05) is 30.3 Å². The molecule has 1 aromatic heterocycles. The van der Waals surface area contributed by atoms with Gasteiger partial charge in [-0.3, -0.25) is 14.3 Å². The monoisotopic (exact) mass is 486 g/mol. The van der Waals surface area contributed by atoms with Crippen LogP contribution in [0, 0.1) is 0 Å². The van der Waals surface area contributed by atoms with Crippen molar-refractivity contribution in [2.45, 2.75) is 70.1 Å². The summed E-state index contributed by atoms with van der Waals surface area (Å²) in [6.07, 6.45) is 2.45. The van der Waals surface area contributed by atoms with Crippen molar-refractivity contribution in [3.05, 3.63) is 52.8 Å². The van der Waals surface area contributed by atoms with E-state index in [1.165, 1.54) is 4.90 Å². The zero-order valence-electron chi connectivity index (χ0n) is 20.3. The minimum Gasteiger partial charge on any atom is -0.372 e. The summed E-state index contributed by atoms with van der Waals surface area (Å²) in [5.41, 5.74) is 2.76. The number of ether oxygens (including phenoxy) is 1. The van der Waals surface area contributed by atoms with Crippen LogP contribution in [0.3, 0.4) is 0 Å². The Hall–Kier alpha value is -2.81. The Kier molecular flexibility index (Phi) is 6.38. The van der Waals surface area contributed by atoms with Gasteiger partial charge in [0, 0.05) is 30.9 Å². The number of piperidine rings is 1. The van der Waals surface area contributed by atoms with Gasteiger partial charge >= 0.3 is 0 Å². The van der Waals surface area contributed by atoms with E-state index >= 15 is 8.78 Å². The molecule has 2 amide bonds. The highest BCUT2D eigenvalue weighted by atomic mass is 19.3. The molecule has 1 unspecified atom stereocenters. The summed E-state index contributed by atoms with van der Waals surface area (Å²) in [5, 5.41) is 4.54. The average Bonchev–Trinajstić information content (AvgIpc) is 3.42. The van der Waals surface area contributed by atoms with Crippen molar-refractivity contribution in [2.24, 2.45) is 0 Å². The molecule has 188 valence electrons. The molecule has 0 bridgehead atoms. The summed E-state index contributed by atoms with van der Waals surface area (Å²) in [6, 6.07) is 8.77. The summed E-state index contributed by atoms with van der Waals surface area (Å²) in [6.45, 7) is 4.40. The van der Waals surface area contributed by atoms with Gasteiger partial charge in [-0.15, -0.1) is 0 Å². The van der Waals surface area contributed by atoms with Crippen LogP contribution in [-0.2, 0) is 28.9 Å². The van der Waals surface area contributed by atoms with Gasteiger partial charge in [0.2, 0.25) is 5.91 Å². The topological polar surface area (TPSA) is 67.7 Å². The van der Waals surface area contributed by atoms with Gasteiger partial charge in [0.05, 0.1) is 24.7 Å². The van der Waals surface area contributed by atoms with Crippen molar-refractivity contribution >= 4 is 11.8 Å². The molecule has 2 aromatic rings. The second-order valence-corrected chi connectivity index (χ2v) is 10.1. The Balaban J connectivity index is 1.30. The van der Waals surface area contributed by atoms with Gasteiger partial charge in [-0.05, 0) is 45.1 Å². The fourth-order valence-corrected chi connectivity index (χ4v) is 5.78. The number of likely N-dealkylation sites (tertiary alicyclic amines) is 1. The van der Waals surface area contributed by atoms with E-state index in [9.17, 15) is 9.59 Å². The summed E-state index contributed by atoms with van der Waals surface area (Å²) in [5.74, 6) is -4.44. The van der Waals surface area contributed by atoms with E-state index in [-0.39, 0.29) is 43.5 Å². The van der Waals surface area contributed by atoms with Gasteiger partial charge in [-0.2, -0.15) is 5.10 Å². The molecule has 0 saturated carbocycles. The number of hydrogen-bond acceptors (Lipinski definition) is 4. The molecule has 0 N–H and O–H groups in total. The number of nitrogens with zero attached hydrogens (tertiary/aromatic N) is 4. The number of morpholine rings is 1. The third-order valence-corrected chi connectivity index (χ3v) is 7.36. The lowest BCUT2D eigenvalue weighted by Crippen LogP contribution is -2.50. The zero-order chi connectivity index (χ0) is 24.7. The SMILES string of the molecule is C[C@@H]1CN(C(=O)c2nn(CC(=O)N3CCC(c4ccccc4)C(F)(F)C3)c3c2CCC3)C[C@H](C)O1. The van der Waals surface area contributed by atoms with Gasteiger partial charge < -0.3 is 14.5 Å². The first-order valence-corrected chi connectivity index (χ1v) is 12.5. The second-order valence-electron chi connectivity index (χ2n) is 10.1. The maximum atomic E-state index is 15.0. The third kappa shape index (κ3) is 4.70. The Morgan fingerprint density at radius 1 is 1.09 bits per heavy atom. The van der Waals surface area contributed by atoms with E-state index in [0.29, 0.717) is 24.3 Å². The number of benzene rings is 1. The minimum atomic E-state index is -3.01. The molecule has 7 nitrogen and oxygen atoms in total. The average molecular weight is 487 g/mol. The van der Waals surface area contributed by atoms with E-state index in [4.69, 9.17) is 4.74 Å². The van der Waals surface area contributed by atoms with Crippen LogP contribution in [-0.4, -0.2) is 75.7 Å². The molecular formula is C26H32F2N4O3. The highest BCUT2D eigenvalue weighted by Crippen LogP contribution is 2.40. The van der Waals surface area contributed by atoms with Crippen LogP contribution < -0.4 is 0 Å². The van der Waals surface area contributed by atoms with Crippen LogP contribution in [0.15, 0.2) is 30.3 Å². The summed E-state index contributed by atoms with van der Waals surface area (Å²) < 4.78 is 37.4. The van der Waals surface area contributed by atoms with Crippen LogP contribution in [0.25, 0.3) is 0 Å². The number of aromatic nitrogens is 2.